The van der Waals surface area contributed by atoms with Crippen molar-refractivity contribution in [1.82, 2.24) is 9.97 Å². The van der Waals surface area contributed by atoms with E-state index in [1.165, 1.54) is 0 Å². The van der Waals surface area contributed by atoms with Gasteiger partial charge in [-0.2, -0.15) is 26.3 Å². The molecule has 6 aromatic rings. The van der Waals surface area contributed by atoms with Crippen molar-refractivity contribution < 1.29 is 31.1 Å². The Labute approximate surface area is 246 Å². The van der Waals surface area contributed by atoms with Gasteiger partial charge in [0.15, 0.2) is 17.3 Å². The lowest BCUT2D eigenvalue weighted by Crippen LogP contribution is -2.15. The van der Waals surface area contributed by atoms with Crippen molar-refractivity contribution >= 4 is 28.0 Å². The van der Waals surface area contributed by atoms with Gasteiger partial charge in [-0.25, -0.2) is 9.97 Å². The molecule has 10 heteroatoms. The van der Waals surface area contributed by atoms with Crippen LogP contribution in [0.1, 0.15) is 11.1 Å². The Hall–Kier alpha value is -5.38. The molecule has 0 fully saturated rings. The Morgan fingerprint density at radius 1 is 0.545 bits per heavy atom. The molecule has 0 atom stereocenters. The number of nitrogens with zero attached hydrogens (tertiary/aromatic N) is 3. The van der Waals surface area contributed by atoms with E-state index in [0.29, 0.717) is 45.8 Å². The molecule has 0 amide bonds. The summed E-state index contributed by atoms with van der Waals surface area (Å²) < 4.78 is 87.7. The first kappa shape index (κ1) is 27.5. The molecule has 0 saturated carbocycles. The molecule has 7 rings (SSSR count). The van der Waals surface area contributed by atoms with Crippen LogP contribution in [0.3, 0.4) is 0 Å². The molecule has 4 nitrogen and oxygen atoms in total. The zero-order valence-corrected chi connectivity index (χ0v) is 22.5. The average molecular weight is 600 g/mol. The number of para-hydroxylation sites is 5. The molecule has 44 heavy (non-hydrogen) atoms. The van der Waals surface area contributed by atoms with Crippen LogP contribution in [-0.2, 0) is 12.4 Å². The van der Waals surface area contributed by atoms with Crippen molar-refractivity contribution in [1.29, 1.82) is 0 Å². The summed E-state index contributed by atoms with van der Waals surface area (Å²) in [7, 11) is 0. The van der Waals surface area contributed by atoms with Gasteiger partial charge >= 0.3 is 12.4 Å². The molecule has 0 N–H and O–H groups in total. The summed E-state index contributed by atoms with van der Waals surface area (Å²) in [5.74, 6) is 1.11. The second kappa shape index (κ2) is 10.1. The monoisotopic (exact) mass is 599 g/mol. The first-order chi connectivity index (χ1) is 21.1. The number of halogens is 6. The Kier molecular flexibility index (Phi) is 6.31. The van der Waals surface area contributed by atoms with Crippen molar-refractivity contribution in [2.75, 3.05) is 4.90 Å². The van der Waals surface area contributed by atoms with Gasteiger partial charge in [-0.05, 0) is 60.7 Å². The standard InChI is InChI=1S/C34H19F6N3O/c35-33(36,37)22-17-21(18-23(19-22)34(38,39)40)32-41-26-8-2-1-7-25(26)31(42-32)20-13-15-24(16-14-20)43-27-9-3-5-11-29(27)44-30-12-6-4-10-28(30)43/h1-19H. The number of hydrogen-bond acceptors (Lipinski definition) is 4. The minimum absolute atomic E-state index is 0.0894. The summed E-state index contributed by atoms with van der Waals surface area (Å²) in [6, 6.07) is 30.8. The maximum Gasteiger partial charge on any atom is 0.416 e. The lowest BCUT2D eigenvalue weighted by molar-refractivity contribution is -0.143. The third-order valence-electron chi connectivity index (χ3n) is 7.28. The topological polar surface area (TPSA) is 38.2 Å². The maximum atomic E-state index is 13.6. The predicted molar refractivity (Wildman–Crippen MR) is 155 cm³/mol. The number of fused-ring (bicyclic) bond motifs is 3. The van der Waals surface area contributed by atoms with Crippen molar-refractivity contribution in [2.24, 2.45) is 0 Å². The van der Waals surface area contributed by atoms with Crippen LogP contribution in [0, 0.1) is 0 Å². The lowest BCUT2D eigenvalue weighted by Gasteiger charge is -2.32. The van der Waals surface area contributed by atoms with Crippen LogP contribution in [0.15, 0.2) is 115 Å². The molecule has 0 spiro atoms. The highest BCUT2D eigenvalue weighted by atomic mass is 19.4. The van der Waals surface area contributed by atoms with Crippen LogP contribution in [0.25, 0.3) is 33.5 Å². The highest BCUT2D eigenvalue weighted by molar-refractivity contribution is 5.94. The van der Waals surface area contributed by atoms with Crippen molar-refractivity contribution in [3.8, 4) is 34.1 Å². The van der Waals surface area contributed by atoms with Crippen LogP contribution in [0.2, 0.25) is 0 Å². The van der Waals surface area contributed by atoms with Crippen LogP contribution in [-0.4, -0.2) is 9.97 Å². The number of alkyl halides is 6. The van der Waals surface area contributed by atoms with Gasteiger partial charge in [-0.1, -0.05) is 54.6 Å². The van der Waals surface area contributed by atoms with Gasteiger partial charge in [0.05, 0.1) is 33.7 Å². The van der Waals surface area contributed by atoms with Crippen LogP contribution in [0.4, 0.5) is 43.4 Å². The van der Waals surface area contributed by atoms with Gasteiger partial charge in [0.2, 0.25) is 0 Å². The van der Waals surface area contributed by atoms with Gasteiger partial charge in [0, 0.05) is 22.2 Å². The fourth-order valence-electron chi connectivity index (χ4n) is 5.26. The molecule has 2 heterocycles. The second-order valence-corrected chi connectivity index (χ2v) is 10.1. The van der Waals surface area contributed by atoms with E-state index in [1.807, 2.05) is 77.7 Å². The summed E-state index contributed by atoms with van der Waals surface area (Å²) in [5.41, 5.74) is 0.557. The molecule has 218 valence electrons. The Morgan fingerprint density at radius 2 is 1.09 bits per heavy atom. The van der Waals surface area contributed by atoms with Crippen molar-refractivity contribution in [3.63, 3.8) is 0 Å². The summed E-state index contributed by atoms with van der Waals surface area (Å²) >= 11 is 0. The number of benzene rings is 5. The highest BCUT2D eigenvalue weighted by Gasteiger charge is 2.37. The van der Waals surface area contributed by atoms with Crippen LogP contribution < -0.4 is 9.64 Å². The minimum atomic E-state index is -5.00. The van der Waals surface area contributed by atoms with Crippen LogP contribution in [0.5, 0.6) is 11.5 Å². The van der Waals surface area contributed by atoms with Gasteiger partial charge in [0.25, 0.3) is 0 Å². The fraction of sp³-hybridized carbons (Fsp3) is 0.0588. The van der Waals surface area contributed by atoms with Gasteiger partial charge in [0.1, 0.15) is 0 Å². The number of ether oxygens (including phenoxy) is 1. The molecule has 0 bridgehead atoms. The van der Waals surface area contributed by atoms with Crippen molar-refractivity contribution in [2.45, 2.75) is 12.4 Å². The third-order valence-corrected chi connectivity index (χ3v) is 7.28. The predicted octanol–water partition coefficient (Wildman–Crippen LogP) is 10.6. The van der Waals surface area contributed by atoms with E-state index >= 15 is 0 Å². The Bertz CT molecular complexity index is 1960. The van der Waals surface area contributed by atoms with Gasteiger partial charge in [-0.15, -0.1) is 0 Å². The van der Waals surface area contributed by atoms with Crippen LogP contribution >= 0.6 is 0 Å². The maximum absolute atomic E-state index is 13.6. The molecule has 5 aromatic carbocycles. The zero-order chi connectivity index (χ0) is 30.6. The largest absolute Gasteiger partial charge is 0.453 e. The zero-order valence-electron chi connectivity index (χ0n) is 22.5. The Balaban J connectivity index is 1.36. The second-order valence-electron chi connectivity index (χ2n) is 10.1. The summed E-state index contributed by atoms with van der Waals surface area (Å²) in [6.07, 6.45) is -10.00. The molecule has 0 aliphatic carbocycles. The smallest absolute Gasteiger partial charge is 0.416 e. The number of hydrogen-bond donors (Lipinski definition) is 0. The number of rotatable bonds is 3. The molecule has 1 aliphatic heterocycles. The average Bonchev–Trinajstić information content (AvgIpc) is 3.02. The summed E-state index contributed by atoms with van der Waals surface area (Å²) in [5, 5.41) is 0.592. The molecule has 0 radical (unpaired) electrons. The SMILES string of the molecule is FC(F)(F)c1cc(-c2nc(-c3ccc(N4c5ccccc5Oc5ccccc54)cc3)c3ccccc3n2)cc(C(F)(F)F)c1. The molecular weight excluding hydrogens is 580 g/mol. The van der Waals surface area contributed by atoms with Gasteiger partial charge in [-0.3, -0.25) is 0 Å². The normalized spacial score (nSPS) is 12.9. The fourth-order valence-corrected chi connectivity index (χ4v) is 5.26. The van der Waals surface area contributed by atoms with E-state index < -0.39 is 29.0 Å². The van der Waals surface area contributed by atoms with E-state index in [2.05, 4.69) is 9.97 Å². The Morgan fingerprint density at radius 3 is 1.68 bits per heavy atom. The molecular formula is C34H19F6N3O. The highest BCUT2D eigenvalue weighted by Crippen LogP contribution is 2.50. The van der Waals surface area contributed by atoms with E-state index in [4.69, 9.17) is 4.74 Å². The summed E-state index contributed by atoms with van der Waals surface area (Å²) in [6.45, 7) is 0. The molecule has 1 aromatic heterocycles. The first-order valence-electron chi connectivity index (χ1n) is 13.4. The van der Waals surface area contributed by atoms with E-state index in [-0.39, 0.29) is 11.9 Å². The molecule has 0 saturated heterocycles. The van der Waals surface area contributed by atoms with E-state index in [1.54, 1.807) is 24.3 Å². The van der Waals surface area contributed by atoms with E-state index in [9.17, 15) is 26.3 Å². The molecule has 1 aliphatic rings. The summed E-state index contributed by atoms with van der Waals surface area (Å²) in [4.78, 5) is 10.9. The lowest BCUT2D eigenvalue weighted by atomic mass is 10.0. The number of aromatic nitrogens is 2. The molecule has 0 unspecified atom stereocenters. The minimum Gasteiger partial charge on any atom is -0.453 e. The first-order valence-corrected chi connectivity index (χ1v) is 13.4. The van der Waals surface area contributed by atoms with E-state index in [0.717, 1.165) is 17.1 Å². The third kappa shape index (κ3) is 4.88. The van der Waals surface area contributed by atoms with Crippen molar-refractivity contribution in [3.05, 3.63) is 126 Å². The van der Waals surface area contributed by atoms with Gasteiger partial charge < -0.3 is 9.64 Å². The quantitative estimate of drug-likeness (QED) is 0.190. The number of anilines is 3.